The Bertz CT molecular complexity index is 497. The first kappa shape index (κ1) is 14.0. The number of carbonyl (C=O) groups is 2. The molecule has 0 aliphatic rings. The van der Waals surface area contributed by atoms with E-state index in [2.05, 4.69) is 4.98 Å². The standard InChI is InChI=1S/C13H16N2O3/c1-4-9-10(5-2)12(15-11(9)7-16)13(17)18-8(3)6-14/h7-8,15H,4-5H2,1-3H3. The molecule has 1 aromatic heterocycles. The van der Waals surface area contributed by atoms with E-state index in [-0.39, 0.29) is 5.69 Å². The number of esters is 1. The van der Waals surface area contributed by atoms with Crippen LogP contribution in [0, 0.1) is 11.3 Å². The Morgan fingerprint density at radius 1 is 1.44 bits per heavy atom. The van der Waals surface area contributed by atoms with Gasteiger partial charge in [-0.3, -0.25) is 4.79 Å². The van der Waals surface area contributed by atoms with Crippen LogP contribution >= 0.6 is 0 Å². The second kappa shape index (κ2) is 6.01. The molecule has 5 heteroatoms. The Labute approximate surface area is 106 Å². The van der Waals surface area contributed by atoms with Crippen LogP contribution in [0.4, 0.5) is 0 Å². The number of nitriles is 1. The summed E-state index contributed by atoms with van der Waals surface area (Å²) < 4.78 is 4.94. The number of rotatable bonds is 5. The molecule has 18 heavy (non-hydrogen) atoms. The molecule has 5 nitrogen and oxygen atoms in total. The predicted octanol–water partition coefficient (Wildman–Crippen LogP) is 2.02. The summed E-state index contributed by atoms with van der Waals surface area (Å²) in [6.45, 7) is 5.32. The molecule has 0 fully saturated rings. The van der Waals surface area contributed by atoms with Crippen molar-refractivity contribution in [1.29, 1.82) is 5.26 Å². The Morgan fingerprint density at radius 2 is 2.06 bits per heavy atom. The highest BCUT2D eigenvalue weighted by atomic mass is 16.5. The molecule has 0 saturated carbocycles. The molecule has 0 saturated heterocycles. The molecule has 1 N–H and O–H groups in total. The van der Waals surface area contributed by atoms with E-state index in [4.69, 9.17) is 10.00 Å². The molecule has 0 spiro atoms. The van der Waals surface area contributed by atoms with Gasteiger partial charge in [-0.15, -0.1) is 0 Å². The zero-order chi connectivity index (χ0) is 13.7. The molecule has 1 atom stereocenters. The summed E-state index contributed by atoms with van der Waals surface area (Å²) in [4.78, 5) is 25.6. The van der Waals surface area contributed by atoms with Crippen molar-refractivity contribution in [1.82, 2.24) is 4.98 Å². The summed E-state index contributed by atoms with van der Waals surface area (Å²) in [5, 5.41) is 8.62. The molecule has 0 amide bonds. The molecule has 96 valence electrons. The summed E-state index contributed by atoms with van der Waals surface area (Å²) in [6.07, 6.45) is 1.17. The van der Waals surface area contributed by atoms with Gasteiger partial charge in [0.1, 0.15) is 11.8 Å². The van der Waals surface area contributed by atoms with Gasteiger partial charge in [-0.25, -0.2) is 4.79 Å². The van der Waals surface area contributed by atoms with Gasteiger partial charge in [0.05, 0.1) is 5.69 Å². The van der Waals surface area contributed by atoms with E-state index in [0.717, 1.165) is 11.1 Å². The van der Waals surface area contributed by atoms with Gasteiger partial charge in [0, 0.05) is 0 Å². The van der Waals surface area contributed by atoms with E-state index >= 15 is 0 Å². The maximum atomic E-state index is 11.9. The quantitative estimate of drug-likeness (QED) is 0.638. The van der Waals surface area contributed by atoms with Crippen molar-refractivity contribution >= 4 is 12.3 Å². The van der Waals surface area contributed by atoms with Gasteiger partial charge in [0.25, 0.3) is 0 Å². The second-order valence-corrected chi connectivity index (χ2v) is 3.87. The third kappa shape index (κ3) is 2.59. The zero-order valence-electron chi connectivity index (χ0n) is 10.7. The van der Waals surface area contributed by atoms with E-state index in [1.54, 1.807) is 0 Å². The Balaban J connectivity index is 3.16. The summed E-state index contributed by atoms with van der Waals surface area (Å²) in [6, 6.07) is 1.83. The Kier molecular flexibility index (Phi) is 4.67. The number of hydrogen-bond acceptors (Lipinski definition) is 4. The Morgan fingerprint density at radius 3 is 2.50 bits per heavy atom. The Hall–Kier alpha value is -2.09. The molecule has 0 radical (unpaired) electrons. The number of hydrogen-bond donors (Lipinski definition) is 1. The van der Waals surface area contributed by atoms with Crippen LogP contribution in [-0.2, 0) is 17.6 Å². The number of nitrogens with one attached hydrogen (secondary N) is 1. The van der Waals surface area contributed by atoms with E-state index in [0.29, 0.717) is 24.8 Å². The molecule has 1 rings (SSSR count). The second-order valence-electron chi connectivity index (χ2n) is 3.87. The van der Waals surface area contributed by atoms with Gasteiger partial charge < -0.3 is 9.72 Å². The van der Waals surface area contributed by atoms with Crippen molar-refractivity contribution in [3.63, 3.8) is 0 Å². The molecule has 0 aliphatic carbocycles. The molecular formula is C13H16N2O3. The van der Waals surface area contributed by atoms with Crippen LogP contribution in [0.3, 0.4) is 0 Å². The van der Waals surface area contributed by atoms with Crippen molar-refractivity contribution in [2.75, 3.05) is 0 Å². The van der Waals surface area contributed by atoms with Crippen LogP contribution in [0.5, 0.6) is 0 Å². The van der Waals surface area contributed by atoms with Gasteiger partial charge in [-0.1, -0.05) is 13.8 Å². The SMILES string of the molecule is CCc1c(C=O)[nH]c(C(=O)OC(C)C#N)c1CC. The summed E-state index contributed by atoms with van der Waals surface area (Å²) in [5.41, 5.74) is 2.31. The minimum absolute atomic E-state index is 0.276. The zero-order valence-corrected chi connectivity index (χ0v) is 10.7. The summed E-state index contributed by atoms with van der Waals surface area (Å²) in [5.74, 6) is -0.594. The maximum Gasteiger partial charge on any atom is 0.356 e. The van der Waals surface area contributed by atoms with E-state index in [1.807, 2.05) is 19.9 Å². The highest BCUT2D eigenvalue weighted by Gasteiger charge is 2.22. The highest BCUT2D eigenvalue weighted by molar-refractivity contribution is 5.92. The van der Waals surface area contributed by atoms with Crippen molar-refractivity contribution in [2.45, 2.75) is 39.7 Å². The number of aromatic amines is 1. The predicted molar refractivity (Wildman–Crippen MR) is 65.4 cm³/mol. The molecule has 1 unspecified atom stereocenters. The van der Waals surface area contributed by atoms with Crippen molar-refractivity contribution in [3.8, 4) is 6.07 Å². The lowest BCUT2D eigenvalue weighted by molar-refractivity contribution is 0.0428. The van der Waals surface area contributed by atoms with Crippen LogP contribution in [-0.4, -0.2) is 23.3 Å². The largest absolute Gasteiger partial charge is 0.443 e. The van der Waals surface area contributed by atoms with Crippen molar-refractivity contribution < 1.29 is 14.3 Å². The van der Waals surface area contributed by atoms with Crippen LogP contribution < -0.4 is 0 Å². The number of H-pyrrole nitrogens is 1. The van der Waals surface area contributed by atoms with E-state index in [9.17, 15) is 9.59 Å². The summed E-state index contributed by atoms with van der Waals surface area (Å²) >= 11 is 0. The smallest absolute Gasteiger partial charge is 0.356 e. The monoisotopic (exact) mass is 248 g/mol. The molecule has 0 aliphatic heterocycles. The average Bonchev–Trinajstić information content (AvgIpc) is 2.75. The van der Waals surface area contributed by atoms with E-state index < -0.39 is 12.1 Å². The topological polar surface area (TPSA) is 82.9 Å². The lowest BCUT2D eigenvalue weighted by Gasteiger charge is -2.06. The molecule has 0 aromatic carbocycles. The third-order valence-electron chi connectivity index (χ3n) is 2.75. The van der Waals surface area contributed by atoms with Gasteiger partial charge in [0.2, 0.25) is 0 Å². The first-order valence-corrected chi connectivity index (χ1v) is 5.88. The lowest BCUT2D eigenvalue weighted by Crippen LogP contribution is -2.15. The van der Waals surface area contributed by atoms with Crippen LogP contribution in [0.2, 0.25) is 0 Å². The maximum absolute atomic E-state index is 11.9. The number of aromatic nitrogens is 1. The third-order valence-corrected chi connectivity index (χ3v) is 2.75. The fraction of sp³-hybridized carbons (Fsp3) is 0.462. The fourth-order valence-electron chi connectivity index (χ4n) is 1.91. The molecular weight excluding hydrogens is 232 g/mol. The van der Waals surface area contributed by atoms with E-state index in [1.165, 1.54) is 6.92 Å². The normalized spacial score (nSPS) is 11.7. The molecule has 0 bridgehead atoms. The number of aldehydes is 1. The number of ether oxygens (including phenoxy) is 1. The van der Waals surface area contributed by atoms with Gasteiger partial charge >= 0.3 is 5.97 Å². The first-order chi connectivity index (χ1) is 8.58. The van der Waals surface area contributed by atoms with Crippen LogP contribution in [0.25, 0.3) is 0 Å². The fourth-order valence-corrected chi connectivity index (χ4v) is 1.91. The number of nitrogens with zero attached hydrogens (tertiary/aromatic N) is 1. The summed E-state index contributed by atoms with van der Waals surface area (Å²) in [7, 11) is 0. The first-order valence-electron chi connectivity index (χ1n) is 5.88. The van der Waals surface area contributed by atoms with Crippen LogP contribution in [0.1, 0.15) is 52.9 Å². The lowest BCUT2D eigenvalue weighted by atomic mass is 10.0. The minimum atomic E-state index is -0.810. The van der Waals surface area contributed by atoms with Gasteiger partial charge in [-0.05, 0) is 30.9 Å². The minimum Gasteiger partial charge on any atom is -0.443 e. The average molecular weight is 248 g/mol. The van der Waals surface area contributed by atoms with Crippen LogP contribution in [0.15, 0.2) is 0 Å². The molecule has 1 heterocycles. The van der Waals surface area contributed by atoms with Crippen molar-refractivity contribution in [2.24, 2.45) is 0 Å². The highest BCUT2D eigenvalue weighted by Crippen LogP contribution is 2.21. The van der Waals surface area contributed by atoms with Gasteiger partial charge in [0.15, 0.2) is 12.4 Å². The van der Waals surface area contributed by atoms with Gasteiger partial charge in [-0.2, -0.15) is 5.26 Å². The molecule has 1 aromatic rings. The van der Waals surface area contributed by atoms with Crippen molar-refractivity contribution in [3.05, 3.63) is 22.5 Å². The number of carbonyl (C=O) groups excluding carboxylic acids is 2.